The van der Waals surface area contributed by atoms with Crippen LogP contribution >= 0.6 is 11.8 Å². The van der Waals surface area contributed by atoms with Gasteiger partial charge < -0.3 is 15.5 Å². The molecule has 0 aliphatic carbocycles. The molecule has 1 rings (SSSR count). The van der Waals surface area contributed by atoms with Gasteiger partial charge in [0.05, 0.1) is 23.7 Å². The van der Waals surface area contributed by atoms with E-state index < -0.39 is 40.1 Å². The van der Waals surface area contributed by atoms with Crippen LogP contribution in [0.4, 0.5) is 0 Å². The summed E-state index contributed by atoms with van der Waals surface area (Å²) in [5.74, 6) is -3.34. The molecule has 0 spiro atoms. The van der Waals surface area contributed by atoms with Gasteiger partial charge in [-0.05, 0) is 6.42 Å². The zero-order chi connectivity index (χ0) is 15.3. The smallest absolute Gasteiger partial charge is 0.326 e. The fraction of sp³-hybridized carbons (Fsp3) is 0.700. The fourth-order valence-corrected chi connectivity index (χ4v) is 5.15. The third kappa shape index (κ3) is 5.78. The summed E-state index contributed by atoms with van der Waals surface area (Å²) in [4.78, 5) is 32.7. The Morgan fingerprint density at radius 3 is 2.40 bits per heavy atom. The minimum atomic E-state index is -3.02. The number of hydrogen-bond acceptors (Lipinski definition) is 6. The van der Waals surface area contributed by atoms with Crippen LogP contribution < -0.4 is 5.32 Å². The molecule has 0 bridgehead atoms. The molecule has 1 fully saturated rings. The third-order valence-electron chi connectivity index (χ3n) is 2.65. The molecule has 1 saturated heterocycles. The molecule has 1 heterocycles. The summed E-state index contributed by atoms with van der Waals surface area (Å²) in [6.45, 7) is 0. The summed E-state index contributed by atoms with van der Waals surface area (Å²) >= 11 is 1.14. The predicted octanol–water partition coefficient (Wildman–Crippen LogP) is -1.05. The van der Waals surface area contributed by atoms with Gasteiger partial charge in [0.1, 0.15) is 6.04 Å². The van der Waals surface area contributed by atoms with Crippen molar-refractivity contribution in [2.24, 2.45) is 0 Å². The van der Waals surface area contributed by atoms with Gasteiger partial charge in [-0.25, -0.2) is 13.2 Å². The van der Waals surface area contributed by atoms with Crippen molar-refractivity contribution in [2.75, 3.05) is 17.3 Å². The second kappa shape index (κ2) is 6.93. The number of carboxylic acid groups (broad SMARTS) is 2. The van der Waals surface area contributed by atoms with Gasteiger partial charge in [-0.3, -0.25) is 9.59 Å². The van der Waals surface area contributed by atoms with Crippen molar-refractivity contribution in [1.82, 2.24) is 5.32 Å². The van der Waals surface area contributed by atoms with Crippen molar-refractivity contribution in [3.63, 3.8) is 0 Å². The Kier molecular flexibility index (Phi) is 5.81. The molecule has 10 heteroatoms. The minimum absolute atomic E-state index is 0.0163. The number of rotatable bonds is 7. The van der Waals surface area contributed by atoms with Gasteiger partial charge in [-0.15, -0.1) is 11.8 Å². The molecule has 0 saturated carbocycles. The number of nitrogens with one attached hydrogen (secondary N) is 1. The van der Waals surface area contributed by atoms with Gasteiger partial charge >= 0.3 is 11.9 Å². The van der Waals surface area contributed by atoms with E-state index in [1.807, 2.05) is 0 Å². The summed E-state index contributed by atoms with van der Waals surface area (Å²) < 4.78 is 22.4. The highest BCUT2D eigenvalue weighted by Gasteiger charge is 2.29. The molecule has 20 heavy (non-hydrogen) atoms. The predicted molar refractivity (Wildman–Crippen MR) is 71.3 cm³/mol. The van der Waals surface area contributed by atoms with Crippen molar-refractivity contribution in [1.29, 1.82) is 0 Å². The first-order chi connectivity index (χ1) is 9.19. The van der Waals surface area contributed by atoms with Crippen LogP contribution in [0.25, 0.3) is 0 Å². The van der Waals surface area contributed by atoms with Gasteiger partial charge in [0.2, 0.25) is 5.91 Å². The Hall–Kier alpha value is -1.29. The molecule has 0 aromatic heterocycles. The van der Waals surface area contributed by atoms with Crippen LogP contribution in [-0.2, 0) is 24.2 Å². The molecular formula is C10H15NO7S2. The molecule has 0 radical (unpaired) electrons. The highest BCUT2D eigenvalue weighted by molar-refractivity contribution is 8.02. The molecule has 1 amide bonds. The Balaban J connectivity index is 2.39. The average molecular weight is 325 g/mol. The van der Waals surface area contributed by atoms with Crippen LogP contribution in [0.15, 0.2) is 0 Å². The van der Waals surface area contributed by atoms with Crippen molar-refractivity contribution < 1.29 is 33.0 Å². The van der Waals surface area contributed by atoms with Crippen LogP contribution in [0.1, 0.15) is 12.8 Å². The minimum Gasteiger partial charge on any atom is -0.481 e. The van der Waals surface area contributed by atoms with E-state index >= 15 is 0 Å². The number of sulfone groups is 1. The third-order valence-corrected chi connectivity index (χ3v) is 5.93. The number of carboxylic acids is 2. The maximum atomic E-state index is 11.5. The van der Waals surface area contributed by atoms with E-state index in [1.54, 1.807) is 0 Å². The number of hydrogen-bond donors (Lipinski definition) is 3. The topological polar surface area (TPSA) is 138 Å². The van der Waals surface area contributed by atoms with Crippen molar-refractivity contribution in [2.45, 2.75) is 24.1 Å². The lowest BCUT2D eigenvalue weighted by molar-refractivity contribution is -0.147. The fourth-order valence-electron chi connectivity index (χ4n) is 1.70. The van der Waals surface area contributed by atoms with E-state index in [2.05, 4.69) is 5.32 Å². The summed E-state index contributed by atoms with van der Waals surface area (Å²) in [6.07, 6.45) is -0.235. The van der Waals surface area contributed by atoms with Gasteiger partial charge in [-0.2, -0.15) is 0 Å². The Bertz CT molecular complexity index is 502. The monoisotopic (exact) mass is 325 g/mol. The molecule has 2 atom stereocenters. The summed E-state index contributed by atoms with van der Waals surface area (Å²) in [5, 5.41) is 19.2. The maximum absolute atomic E-state index is 11.5. The lowest BCUT2D eigenvalue weighted by atomic mass is 10.2. The average Bonchev–Trinajstić information content (AvgIpc) is 2.65. The number of carbonyl (C=O) groups excluding carboxylic acids is 1. The van der Waals surface area contributed by atoms with Crippen LogP contribution in [0.3, 0.4) is 0 Å². The highest BCUT2D eigenvalue weighted by Crippen LogP contribution is 2.23. The molecular weight excluding hydrogens is 310 g/mol. The standard InChI is InChI=1S/C10H15NO7S2/c12-8(11-7(10(15)16)3-9(13)14)4-19-6-1-2-20(17,18)5-6/h6-7H,1-5H2,(H,11,12)(H,13,14)(H,15,16). The highest BCUT2D eigenvalue weighted by atomic mass is 32.2. The van der Waals surface area contributed by atoms with Crippen LogP contribution in [-0.4, -0.2) is 65.0 Å². The van der Waals surface area contributed by atoms with Gasteiger partial charge in [0.25, 0.3) is 0 Å². The Labute approximate surface area is 119 Å². The molecule has 2 unspecified atom stereocenters. The Morgan fingerprint density at radius 1 is 1.30 bits per heavy atom. The van der Waals surface area contributed by atoms with Crippen molar-refractivity contribution >= 4 is 39.4 Å². The normalized spacial score (nSPS) is 22.1. The molecule has 1 aliphatic heterocycles. The first-order valence-corrected chi connectivity index (χ1v) is 8.62. The summed E-state index contributed by atoms with van der Waals surface area (Å²) in [6, 6.07) is -1.48. The van der Waals surface area contributed by atoms with Crippen LogP contribution in [0, 0.1) is 0 Å². The van der Waals surface area contributed by atoms with E-state index in [4.69, 9.17) is 10.2 Å². The van der Waals surface area contributed by atoms with E-state index in [9.17, 15) is 22.8 Å². The Morgan fingerprint density at radius 2 is 1.95 bits per heavy atom. The van der Waals surface area contributed by atoms with Crippen molar-refractivity contribution in [3.05, 3.63) is 0 Å². The van der Waals surface area contributed by atoms with Crippen LogP contribution in [0.5, 0.6) is 0 Å². The number of amides is 1. The van der Waals surface area contributed by atoms with E-state index in [1.165, 1.54) is 0 Å². The van der Waals surface area contributed by atoms with Gasteiger partial charge in [0, 0.05) is 5.25 Å². The molecule has 0 aromatic carbocycles. The molecule has 0 aromatic rings. The van der Waals surface area contributed by atoms with E-state index in [0.29, 0.717) is 6.42 Å². The lowest BCUT2D eigenvalue weighted by Crippen LogP contribution is -2.43. The maximum Gasteiger partial charge on any atom is 0.326 e. The van der Waals surface area contributed by atoms with E-state index in [-0.39, 0.29) is 22.5 Å². The zero-order valence-electron chi connectivity index (χ0n) is 10.4. The molecule has 8 nitrogen and oxygen atoms in total. The van der Waals surface area contributed by atoms with Crippen molar-refractivity contribution in [3.8, 4) is 0 Å². The first-order valence-electron chi connectivity index (χ1n) is 5.75. The second-order valence-electron chi connectivity index (χ2n) is 4.39. The summed E-state index contributed by atoms with van der Waals surface area (Å²) in [7, 11) is -3.02. The summed E-state index contributed by atoms with van der Waals surface area (Å²) in [5.41, 5.74) is 0. The van der Waals surface area contributed by atoms with E-state index in [0.717, 1.165) is 11.8 Å². The number of thioether (sulfide) groups is 1. The van der Waals surface area contributed by atoms with Crippen LogP contribution in [0.2, 0.25) is 0 Å². The zero-order valence-corrected chi connectivity index (χ0v) is 12.1. The molecule has 3 N–H and O–H groups in total. The molecule has 1 aliphatic rings. The number of carbonyl (C=O) groups is 3. The largest absolute Gasteiger partial charge is 0.481 e. The quantitative estimate of drug-likeness (QED) is 0.539. The first kappa shape index (κ1) is 16.8. The SMILES string of the molecule is O=C(O)CC(NC(=O)CSC1CCS(=O)(=O)C1)C(=O)O. The lowest BCUT2D eigenvalue weighted by Gasteiger charge is -2.13. The van der Waals surface area contributed by atoms with Gasteiger partial charge in [-0.1, -0.05) is 0 Å². The second-order valence-corrected chi connectivity index (χ2v) is 7.91. The number of aliphatic carboxylic acids is 2. The van der Waals surface area contributed by atoms with Gasteiger partial charge in [0.15, 0.2) is 9.84 Å². The molecule has 114 valence electrons.